The number of nitrogens with zero attached hydrogens (tertiary/aromatic N) is 3. The van der Waals surface area contributed by atoms with Gasteiger partial charge in [0.15, 0.2) is 12.3 Å². The van der Waals surface area contributed by atoms with Crippen molar-refractivity contribution in [2.24, 2.45) is 9.98 Å². The fourth-order valence-corrected chi connectivity index (χ4v) is 4.09. The van der Waals surface area contributed by atoms with Crippen LogP contribution in [0.4, 0.5) is 13.2 Å². The summed E-state index contributed by atoms with van der Waals surface area (Å²) in [6.45, 7) is -0.531. The summed E-state index contributed by atoms with van der Waals surface area (Å²) in [5.74, 6) is -0.0678. The molecular formula is C17H16F3N5O4S. The van der Waals surface area contributed by atoms with Crippen LogP contribution < -0.4 is 15.4 Å². The van der Waals surface area contributed by atoms with E-state index in [1.807, 2.05) is 0 Å². The van der Waals surface area contributed by atoms with Crippen molar-refractivity contribution in [3.8, 4) is 5.75 Å². The van der Waals surface area contributed by atoms with Gasteiger partial charge in [0.2, 0.25) is 10.8 Å². The molecule has 0 spiro atoms. The van der Waals surface area contributed by atoms with E-state index in [1.165, 1.54) is 25.5 Å². The molecule has 1 aromatic heterocycles. The number of alkyl halides is 3. The molecule has 0 amide bonds. The minimum absolute atomic E-state index is 0.0678. The zero-order valence-corrected chi connectivity index (χ0v) is 16.3. The first-order valence-corrected chi connectivity index (χ1v) is 10.1. The first-order chi connectivity index (χ1) is 14.1. The number of allylic oxidation sites excluding steroid dienone is 2. The molecule has 2 unspecified atom stereocenters. The van der Waals surface area contributed by atoms with Gasteiger partial charge in [-0.25, -0.2) is 9.98 Å². The molecule has 2 atom stereocenters. The lowest BCUT2D eigenvalue weighted by molar-refractivity contribution is -0.153. The number of hydrogen-bond donors (Lipinski definition) is 2. The highest BCUT2D eigenvalue weighted by Crippen LogP contribution is 2.39. The van der Waals surface area contributed by atoms with Gasteiger partial charge >= 0.3 is 16.3 Å². The van der Waals surface area contributed by atoms with Crippen LogP contribution in [-0.2, 0) is 20.9 Å². The summed E-state index contributed by atoms with van der Waals surface area (Å²) < 4.78 is 72.3. The second-order valence-corrected chi connectivity index (χ2v) is 8.23. The molecule has 3 heterocycles. The number of pyridine rings is 1. The van der Waals surface area contributed by atoms with Crippen LogP contribution in [0.5, 0.6) is 5.75 Å². The lowest BCUT2D eigenvalue weighted by Crippen LogP contribution is -2.61. The number of amidine groups is 1. The molecule has 9 nitrogen and oxygen atoms in total. The number of nitrogens with one attached hydrogen (secondary N) is 2. The quantitative estimate of drug-likeness (QED) is 0.659. The van der Waals surface area contributed by atoms with Crippen molar-refractivity contribution >= 4 is 21.6 Å². The molecule has 1 aromatic rings. The van der Waals surface area contributed by atoms with E-state index >= 15 is 0 Å². The van der Waals surface area contributed by atoms with Crippen molar-refractivity contribution < 1.29 is 30.5 Å². The molecule has 2 aliphatic heterocycles. The van der Waals surface area contributed by atoms with Crippen molar-refractivity contribution in [3.63, 3.8) is 0 Å². The first kappa shape index (κ1) is 20.3. The van der Waals surface area contributed by atoms with E-state index < -0.39 is 46.0 Å². The second kappa shape index (κ2) is 6.80. The summed E-state index contributed by atoms with van der Waals surface area (Å²) in [7, 11) is -4.34. The molecular weight excluding hydrogens is 427 g/mol. The Balaban J connectivity index is 1.50. The normalized spacial score (nSPS) is 26.6. The molecule has 2 N–H and O–H groups in total. The van der Waals surface area contributed by atoms with Gasteiger partial charge in [0, 0.05) is 11.8 Å². The zero-order valence-electron chi connectivity index (χ0n) is 15.5. The lowest BCUT2D eigenvalue weighted by Gasteiger charge is -2.33. The van der Waals surface area contributed by atoms with Gasteiger partial charge in [0.25, 0.3) is 0 Å². The Morgan fingerprint density at radius 3 is 2.73 bits per heavy atom. The Kier molecular flexibility index (Phi) is 4.62. The smallest absolute Gasteiger partial charge is 0.422 e. The van der Waals surface area contributed by atoms with Gasteiger partial charge in [-0.05, 0) is 25.1 Å². The van der Waals surface area contributed by atoms with Crippen LogP contribution in [0.15, 0.2) is 46.6 Å². The first-order valence-electron chi connectivity index (χ1n) is 8.66. The molecule has 0 radical (unpaired) electrons. The Morgan fingerprint density at radius 2 is 2.00 bits per heavy atom. The third-order valence-electron chi connectivity index (χ3n) is 4.73. The van der Waals surface area contributed by atoms with E-state index in [0.717, 1.165) is 0 Å². The molecule has 30 heavy (non-hydrogen) atoms. The molecule has 1 aliphatic carbocycles. The van der Waals surface area contributed by atoms with Crippen LogP contribution in [0, 0.1) is 6.92 Å². The highest BCUT2D eigenvalue weighted by Gasteiger charge is 2.59. The number of hydrogen-bond acceptors (Lipinski definition) is 9. The summed E-state index contributed by atoms with van der Waals surface area (Å²) in [5.41, 5.74) is -1.89. The monoisotopic (exact) mass is 443 g/mol. The third kappa shape index (κ3) is 3.43. The predicted octanol–water partition coefficient (Wildman–Crippen LogP) is 1.29. The van der Waals surface area contributed by atoms with Crippen LogP contribution >= 0.6 is 0 Å². The van der Waals surface area contributed by atoms with Crippen LogP contribution in [0.2, 0.25) is 0 Å². The zero-order chi connectivity index (χ0) is 21.6. The Hall–Kier alpha value is -2.93. The molecule has 0 saturated heterocycles. The maximum absolute atomic E-state index is 12.7. The van der Waals surface area contributed by atoms with E-state index in [-0.39, 0.29) is 17.0 Å². The number of halogens is 3. The van der Waals surface area contributed by atoms with Crippen molar-refractivity contribution in [2.75, 3.05) is 6.61 Å². The highest BCUT2D eigenvalue weighted by molar-refractivity contribution is 8.02. The summed E-state index contributed by atoms with van der Waals surface area (Å²) in [6.07, 6.45) is 4.89. The van der Waals surface area contributed by atoms with Crippen molar-refractivity contribution in [2.45, 2.75) is 31.0 Å². The predicted molar refractivity (Wildman–Crippen MR) is 100 cm³/mol. The van der Waals surface area contributed by atoms with Crippen LogP contribution in [0.3, 0.4) is 0 Å². The topological polar surface area (TPSA) is 114 Å². The Bertz CT molecular complexity index is 1100. The number of rotatable bonds is 5. The number of aromatic nitrogens is 1. The molecule has 13 heteroatoms. The van der Waals surface area contributed by atoms with E-state index in [9.17, 15) is 21.6 Å². The second-order valence-electron chi connectivity index (χ2n) is 6.70. The van der Waals surface area contributed by atoms with E-state index in [1.54, 1.807) is 24.3 Å². The Labute approximate surface area is 169 Å². The summed E-state index contributed by atoms with van der Waals surface area (Å²) in [5, 5.41) is 5.31. The number of ether oxygens (including phenoxy) is 1. The van der Waals surface area contributed by atoms with Crippen LogP contribution in [-0.4, -0.2) is 49.0 Å². The average molecular weight is 443 g/mol. The highest BCUT2D eigenvalue weighted by atomic mass is 32.2. The minimum atomic E-state index is -4.50. The summed E-state index contributed by atoms with van der Waals surface area (Å²) in [4.78, 5) is 12.4. The molecule has 0 fully saturated rings. The fraction of sp³-hybridized carbons (Fsp3) is 0.353. The van der Waals surface area contributed by atoms with Gasteiger partial charge in [-0.1, -0.05) is 12.2 Å². The third-order valence-corrected chi connectivity index (χ3v) is 5.83. The van der Waals surface area contributed by atoms with Gasteiger partial charge in [-0.15, -0.1) is 0 Å². The largest absolute Gasteiger partial charge is 0.484 e. The van der Waals surface area contributed by atoms with Crippen LogP contribution in [0.25, 0.3) is 0 Å². The van der Waals surface area contributed by atoms with Crippen molar-refractivity contribution in [1.29, 1.82) is 0 Å². The molecule has 3 aliphatic rings. The molecule has 0 bridgehead atoms. The fourth-order valence-electron chi connectivity index (χ4n) is 3.18. The van der Waals surface area contributed by atoms with Crippen molar-refractivity contribution in [3.05, 3.63) is 47.8 Å². The summed E-state index contributed by atoms with van der Waals surface area (Å²) in [6, 6.07) is 1.26. The van der Waals surface area contributed by atoms with Gasteiger partial charge in [0.1, 0.15) is 12.4 Å². The van der Waals surface area contributed by atoms with E-state index in [4.69, 9.17) is 8.92 Å². The summed E-state index contributed by atoms with van der Waals surface area (Å²) >= 11 is 0. The van der Waals surface area contributed by atoms with Crippen LogP contribution in [0.1, 0.15) is 11.3 Å². The molecule has 4 rings (SSSR count). The van der Waals surface area contributed by atoms with Gasteiger partial charge in [-0.2, -0.15) is 21.6 Å². The number of aliphatic imine (C=N–C) groups is 2. The molecule has 0 aromatic carbocycles. The van der Waals surface area contributed by atoms with Gasteiger partial charge < -0.3 is 15.4 Å². The standard InChI is InChI=1S/C17H16F3N5O4S/c1-11-12(21-7-4-13(11)28-9-17(18,19)20)8-29-30(26,27)14-24-15-5-2-3-6-16(15,25-14)23-10-22-15/h2-7,10H,8-9H2,1H3,(H,22,23)(H,24,25). The average Bonchev–Trinajstić information content (AvgIpc) is 3.20. The van der Waals surface area contributed by atoms with Crippen molar-refractivity contribution in [1.82, 2.24) is 15.6 Å². The Morgan fingerprint density at radius 1 is 1.23 bits per heavy atom. The minimum Gasteiger partial charge on any atom is -0.484 e. The van der Waals surface area contributed by atoms with Gasteiger partial charge in [-0.3, -0.25) is 9.17 Å². The van der Waals surface area contributed by atoms with E-state index in [0.29, 0.717) is 0 Å². The van der Waals surface area contributed by atoms with E-state index in [2.05, 4.69) is 25.6 Å². The SMILES string of the molecule is Cc1c(OCC(F)(F)F)ccnc1COS(=O)(=O)C1=NC23C=CC=CC2(NC=N3)N1. The van der Waals surface area contributed by atoms with Gasteiger partial charge in [0.05, 0.1) is 12.0 Å². The molecule has 160 valence electrons. The maximum Gasteiger partial charge on any atom is 0.422 e. The maximum atomic E-state index is 12.7. The molecule has 0 saturated carbocycles. The lowest BCUT2D eigenvalue weighted by atomic mass is 9.91.